The second kappa shape index (κ2) is 9.45. The molecule has 28 heavy (non-hydrogen) atoms. The largest absolute Gasteiger partial charge is 0.493 e. The quantitative estimate of drug-likeness (QED) is 0.692. The molecule has 0 aliphatic rings. The van der Waals surface area contributed by atoms with Crippen LogP contribution in [-0.2, 0) is 11.3 Å². The Morgan fingerprint density at radius 1 is 1.14 bits per heavy atom. The van der Waals surface area contributed by atoms with Gasteiger partial charge in [0.25, 0.3) is 0 Å². The van der Waals surface area contributed by atoms with E-state index in [4.69, 9.17) is 9.47 Å². The van der Waals surface area contributed by atoms with Gasteiger partial charge in [0.2, 0.25) is 5.91 Å². The van der Waals surface area contributed by atoms with E-state index in [1.807, 2.05) is 31.2 Å². The molecule has 0 saturated heterocycles. The first-order chi connectivity index (χ1) is 13.2. The van der Waals surface area contributed by atoms with E-state index in [1.165, 1.54) is 20.1 Å². The third kappa shape index (κ3) is 6.77. The summed E-state index contributed by atoms with van der Waals surface area (Å²) in [6.45, 7) is 2.53. The van der Waals surface area contributed by atoms with Crippen molar-refractivity contribution in [3.8, 4) is 11.5 Å². The molecule has 2 rings (SSSR count). The first-order valence-corrected chi connectivity index (χ1v) is 8.65. The summed E-state index contributed by atoms with van der Waals surface area (Å²) in [4.78, 5) is 11.2. The molecule has 0 aliphatic carbocycles. The molecular formula is C20H23F3N2O3. The van der Waals surface area contributed by atoms with E-state index < -0.39 is 12.8 Å². The minimum Gasteiger partial charge on any atom is -0.493 e. The Labute approximate surface area is 161 Å². The van der Waals surface area contributed by atoms with Crippen molar-refractivity contribution in [2.45, 2.75) is 32.6 Å². The number of rotatable bonds is 8. The number of nitrogens with one attached hydrogen (secondary N) is 2. The molecule has 0 aromatic heterocycles. The summed E-state index contributed by atoms with van der Waals surface area (Å²) >= 11 is 0. The van der Waals surface area contributed by atoms with Gasteiger partial charge in [-0.3, -0.25) is 4.79 Å². The smallest absolute Gasteiger partial charge is 0.422 e. The summed E-state index contributed by atoms with van der Waals surface area (Å²) in [6.07, 6.45) is -4.41. The maximum Gasteiger partial charge on any atom is 0.422 e. The molecule has 152 valence electrons. The zero-order chi connectivity index (χ0) is 20.7. The van der Waals surface area contributed by atoms with Gasteiger partial charge in [0.15, 0.2) is 18.1 Å². The molecule has 2 N–H and O–H groups in total. The summed E-state index contributed by atoms with van der Waals surface area (Å²) in [5, 5.41) is 6.07. The second-order valence-corrected chi connectivity index (χ2v) is 6.30. The number of anilines is 1. The van der Waals surface area contributed by atoms with Crippen LogP contribution in [-0.4, -0.2) is 25.8 Å². The molecule has 0 heterocycles. The van der Waals surface area contributed by atoms with Crippen molar-refractivity contribution in [3.05, 3.63) is 53.6 Å². The average Bonchev–Trinajstić information content (AvgIpc) is 2.63. The third-order valence-electron chi connectivity index (χ3n) is 3.94. The topological polar surface area (TPSA) is 59.6 Å². The molecule has 0 radical (unpaired) electrons. The molecule has 0 aliphatic heterocycles. The number of hydrogen-bond acceptors (Lipinski definition) is 4. The number of carbonyl (C=O) groups excluding carboxylic acids is 1. The van der Waals surface area contributed by atoms with Gasteiger partial charge in [0, 0.05) is 25.2 Å². The van der Waals surface area contributed by atoms with Crippen LogP contribution in [0, 0.1) is 0 Å². The van der Waals surface area contributed by atoms with E-state index in [2.05, 4.69) is 10.6 Å². The highest BCUT2D eigenvalue weighted by molar-refractivity contribution is 5.88. The fraction of sp³-hybridized carbons (Fsp3) is 0.350. The van der Waals surface area contributed by atoms with E-state index in [0.29, 0.717) is 12.2 Å². The minimum atomic E-state index is -4.41. The molecule has 2 aromatic rings. The fourth-order valence-electron chi connectivity index (χ4n) is 2.58. The first kappa shape index (κ1) is 21.6. The zero-order valence-corrected chi connectivity index (χ0v) is 15.9. The number of methoxy groups -OCH3 is 1. The molecule has 0 spiro atoms. The van der Waals surface area contributed by atoms with Crippen molar-refractivity contribution in [2.75, 3.05) is 19.0 Å². The van der Waals surface area contributed by atoms with Gasteiger partial charge in [-0.1, -0.05) is 18.2 Å². The predicted molar refractivity (Wildman–Crippen MR) is 101 cm³/mol. The van der Waals surface area contributed by atoms with E-state index >= 15 is 0 Å². The molecule has 1 unspecified atom stereocenters. The van der Waals surface area contributed by atoms with Gasteiger partial charge in [0.1, 0.15) is 0 Å². The van der Waals surface area contributed by atoms with Crippen LogP contribution < -0.4 is 20.1 Å². The predicted octanol–water partition coefficient (Wildman–Crippen LogP) is 4.45. The number of halogens is 3. The number of alkyl halides is 3. The second-order valence-electron chi connectivity index (χ2n) is 6.30. The standard InChI is InChI=1S/C20H23F3N2O3/c1-13(16-5-4-6-17(10-16)25-14(2)26)24-11-15-7-8-18(19(9-15)27-3)28-12-20(21,22)23/h4-10,13,24H,11-12H2,1-3H3,(H,25,26). The van der Waals surface area contributed by atoms with Gasteiger partial charge in [-0.15, -0.1) is 0 Å². The van der Waals surface area contributed by atoms with Crippen LogP contribution in [0.1, 0.15) is 31.0 Å². The van der Waals surface area contributed by atoms with E-state index in [-0.39, 0.29) is 23.4 Å². The van der Waals surface area contributed by atoms with Crippen molar-refractivity contribution in [1.29, 1.82) is 0 Å². The lowest BCUT2D eigenvalue weighted by Gasteiger charge is -2.17. The van der Waals surface area contributed by atoms with Crippen LogP contribution in [0.4, 0.5) is 18.9 Å². The monoisotopic (exact) mass is 396 g/mol. The van der Waals surface area contributed by atoms with E-state index in [9.17, 15) is 18.0 Å². The molecule has 0 bridgehead atoms. The number of carbonyl (C=O) groups is 1. The highest BCUT2D eigenvalue weighted by Gasteiger charge is 2.29. The van der Waals surface area contributed by atoms with Crippen LogP contribution in [0.15, 0.2) is 42.5 Å². The van der Waals surface area contributed by atoms with Gasteiger partial charge in [-0.2, -0.15) is 13.2 Å². The molecule has 5 nitrogen and oxygen atoms in total. The normalized spacial score (nSPS) is 12.4. The first-order valence-electron chi connectivity index (χ1n) is 8.65. The highest BCUT2D eigenvalue weighted by atomic mass is 19.4. The summed E-state index contributed by atoms with van der Waals surface area (Å²) in [5.74, 6) is 0.140. The molecule has 1 atom stereocenters. The summed E-state index contributed by atoms with van der Waals surface area (Å²) in [6, 6.07) is 12.3. The number of benzene rings is 2. The lowest BCUT2D eigenvalue weighted by atomic mass is 10.1. The fourth-order valence-corrected chi connectivity index (χ4v) is 2.58. The van der Waals surface area contributed by atoms with Crippen molar-refractivity contribution in [2.24, 2.45) is 0 Å². The Hall–Kier alpha value is -2.74. The Morgan fingerprint density at radius 2 is 1.89 bits per heavy atom. The Bertz CT molecular complexity index is 810. The maximum atomic E-state index is 12.3. The third-order valence-corrected chi connectivity index (χ3v) is 3.94. The van der Waals surface area contributed by atoms with Crippen LogP contribution in [0.25, 0.3) is 0 Å². The lowest BCUT2D eigenvalue weighted by molar-refractivity contribution is -0.153. The summed E-state index contributed by atoms with van der Waals surface area (Å²) in [5.41, 5.74) is 2.54. The van der Waals surface area contributed by atoms with E-state index in [1.54, 1.807) is 12.1 Å². The number of ether oxygens (including phenoxy) is 2. The van der Waals surface area contributed by atoms with Gasteiger partial charge in [-0.25, -0.2) is 0 Å². The van der Waals surface area contributed by atoms with Gasteiger partial charge < -0.3 is 20.1 Å². The van der Waals surface area contributed by atoms with Crippen molar-refractivity contribution in [3.63, 3.8) is 0 Å². The lowest BCUT2D eigenvalue weighted by Crippen LogP contribution is -2.20. The van der Waals surface area contributed by atoms with Crippen LogP contribution in [0.2, 0.25) is 0 Å². The van der Waals surface area contributed by atoms with Crippen molar-refractivity contribution < 1.29 is 27.4 Å². The SMILES string of the molecule is COc1cc(CNC(C)c2cccc(NC(C)=O)c2)ccc1OCC(F)(F)F. The van der Waals surface area contributed by atoms with Crippen LogP contribution in [0.3, 0.4) is 0 Å². The number of amides is 1. The highest BCUT2D eigenvalue weighted by Crippen LogP contribution is 2.30. The molecular weight excluding hydrogens is 373 g/mol. The van der Waals surface area contributed by atoms with Gasteiger partial charge >= 0.3 is 6.18 Å². The zero-order valence-electron chi connectivity index (χ0n) is 15.9. The van der Waals surface area contributed by atoms with Crippen LogP contribution in [0.5, 0.6) is 11.5 Å². The minimum absolute atomic E-state index is 0.0131. The Kier molecular flexibility index (Phi) is 7.28. The molecule has 0 saturated carbocycles. The van der Waals surface area contributed by atoms with Crippen molar-refractivity contribution >= 4 is 11.6 Å². The van der Waals surface area contributed by atoms with Gasteiger partial charge in [0.05, 0.1) is 7.11 Å². The molecule has 2 aromatic carbocycles. The van der Waals surface area contributed by atoms with Crippen LogP contribution >= 0.6 is 0 Å². The molecule has 0 fully saturated rings. The molecule has 1 amide bonds. The van der Waals surface area contributed by atoms with E-state index in [0.717, 1.165) is 11.1 Å². The Balaban J connectivity index is 2.01. The molecule has 8 heteroatoms. The number of hydrogen-bond donors (Lipinski definition) is 2. The van der Waals surface area contributed by atoms with Crippen molar-refractivity contribution in [1.82, 2.24) is 5.32 Å². The summed E-state index contributed by atoms with van der Waals surface area (Å²) < 4.78 is 46.9. The van der Waals surface area contributed by atoms with Gasteiger partial charge in [-0.05, 0) is 42.3 Å². The average molecular weight is 396 g/mol. The maximum absolute atomic E-state index is 12.3. The summed E-state index contributed by atoms with van der Waals surface area (Å²) in [7, 11) is 1.38. The Morgan fingerprint density at radius 3 is 2.54 bits per heavy atom.